The van der Waals surface area contributed by atoms with Crippen LogP contribution in [0.15, 0.2) is 36.5 Å². The number of hydrogen-bond donors (Lipinski definition) is 1. The Kier molecular flexibility index (Phi) is 3.59. The van der Waals surface area contributed by atoms with Gasteiger partial charge in [0.05, 0.1) is 4.88 Å². The number of nitrogens with zero attached hydrogens (tertiary/aromatic N) is 3. The summed E-state index contributed by atoms with van der Waals surface area (Å²) < 4.78 is 0. The van der Waals surface area contributed by atoms with Crippen LogP contribution in [0.1, 0.15) is 14.5 Å². The van der Waals surface area contributed by atoms with E-state index in [1.54, 1.807) is 25.4 Å². The number of aryl methyl sites for hydroxylation is 1. The van der Waals surface area contributed by atoms with E-state index in [1.165, 1.54) is 16.3 Å². The molecule has 18 heavy (non-hydrogen) atoms. The quantitative estimate of drug-likeness (QED) is 0.520. The zero-order valence-corrected chi connectivity index (χ0v) is 11.0. The minimum Gasteiger partial charge on any atom is -0.265 e. The van der Waals surface area contributed by atoms with E-state index in [0.717, 1.165) is 10.00 Å². The van der Waals surface area contributed by atoms with E-state index in [4.69, 9.17) is 5.84 Å². The van der Waals surface area contributed by atoms with Crippen LogP contribution >= 0.6 is 11.3 Å². The first kappa shape index (κ1) is 12.5. The molecule has 0 fully saturated rings. The second-order valence-corrected chi connectivity index (χ2v) is 5.06. The fourth-order valence-electron chi connectivity index (χ4n) is 1.45. The van der Waals surface area contributed by atoms with Crippen molar-refractivity contribution in [3.05, 3.63) is 46.3 Å². The highest BCUT2D eigenvalue weighted by molar-refractivity contribution is 7.13. The summed E-state index contributed by atoms with van der Waals surface area (Å²) in [6.45, 7) is 1.95. The van der Waals surface area contributed by atoms with Gasteiger partial charge in [0, 0.05) is 18.1 Å². The van der Waals surface area contributed by atoms with E-state index in [2.05, 4.69) is 4.98 Å². The van der Waals surface area contributed by atoms with Gasteiger partial charge < -0.3 is 0 Å². The van der Waals surface area contributed by atoms with Gasteiger partial charge in [-0.2, -0.15) is 5.12 Å². The van der Waals surface area contributed by atoms with E-state index in [-0.39, 0.29) is 5.91 Å². The van der Waals surface area contributed by atoms with Crippen LogP contribution in [-0.4, -0.2) is 23.1 Å². The SMILES string of the molecule is Cc1ccc(C(=O)N(N)N(C)c2ccccn2)s1. The molecule has 5 nitrogen and oxygen atoms in total. The minimum atomic E-state index is -0.249. The maximum Gasteiger partial charge on any atom is 0.297 e. The highest BCUT2D eigenvalue weighted by atomic mass is 32.1. The van der Waals surface area contributed by atoms with Crippen LogP contribution in [0, 0.1) is 6.92 Å². The summed E-state index contributed by atoms with van der Waals surface area (Å²) >= 11 is 1.42. The summed E-state index contributed by atoms with van der Waals surface area (Å²) in [6, 6.07) is 9.10. The van der Waals surface area contributed by atoms with Crippen LogP contribution in [0.4, 0.5) is 5.82 Å². The van der Waals surface area contributed by atoms with Gasteiger partial charge in [-0.1, -0.05) is 6.07 Å². The first-order chi connectivity index (χ1) is 8.59. The Morgan fingerprint density at radius 3 is 2.67 bits per heavy atom. The van der Waals surface area contributed by atoms with Crippen molar-refractivity contribution < 1.29 is 4.79 Å². The second kappa shape index (κ2) is 5.16. The number of anilines is 1. The summed E-state index contributed by atoms with van der Waals surface area (Å²) in [5, 5.41) is 2.57. The van der Waals surface area contributed by atoms with Gasteiger partial charge >= 0.3 is 0 Å². The molecule has 0 saturated carbocycles. The Labute approximate surface area is 109 Å². The molecule has 0 aliphatic heterocycles. The van der Waals surface area contributed by atoms with E-state index in [9.17, 15) is 4.79 Å². The lowest BCUT2D eigenvalue weighted by Crippen LogP contribution is -2.49. The third-order valence-electron chi connectivity index (χ3n) is 2.46. The van der Waals surface area contributed by atoms with Crippen LogP contribution in [-0.2, 0) is 0 Å². The summed E-state index contributed by atoms with van der Waals surface area (Å²) in [5.41, 5.74) is 0. The second-order valence-electron chi connectivity index (χ2n) is 3.77. The Bertz CT molecular complexity index is 540. The number of aromatic nitrogens is 1. The Morgan fingerprint density at radius 1 is 1.33 bits per heavy atom. The van der Waals surface area contributed by atoms with Crippen LogP contribution in [0.5, 0.6) is 0 Å². The van der Waals surface area contributed by atoms with Crippen molar-refractivity contribution in [2.24, 2.45) is 5.84 Å². The molecule has 0 spiro atoms. The lowest BCUT2D eigenvalue weighted by atomic mass is 10.4. The van der Waals surface area contributed by atoms with Gasteiger partial charge in [0.1, 0.15) is 5.82 Å². The monoisotopic (exact) mass is 262 g/mol. The fourth-order valence-corrected chi connectivity index (χ4v) is 2.25. The smallest absolute Gasteiger partial charge is 0.265 e. The molecule has 2 rings (SSSR count). The summed E-state index contributed by atoms with van der Waals surface area (Å²) in [4.78, 5) is 17.9. The van der Waals surface area contributed by atoms with E-state index >= 15 is 0 Å². The van der Waals surface area contributed by atoms with Crippen molar-refractivity contribution >= 4 is 23.1 Å². The van der Waals surface area contributed by atoms with Crippen LogP contribution in [0.3, 0.4) is 0 Å². The largest absolute Gasteiger partial charge is 0.297 e. The van der Waals surface area contributed by atoms with Crippen molar-refractivity contribution in [2.75, 3.05) is 12.1 Å². The van der Waals surface area contributed by atoms with Crippen LogP contribution < -0.4 is 10.9 Å². The molecule has 0 aliphatic carbocycles. The molecule has 2 N–H and O–H groups in total. The van der Waals surface area contributed by atoms with E-state index in [0.29, 0.717) is 10.7 Å². The minimum absolute atomic E-state index is 0.249. The van der Waals surface area contributed by atoms with Gasteiger partial charge in [0.15, 0.2) is 0 Å². The summed E-state index contributed by atoms with van der Waals surface area (Å²) in [5.74, 6) is 6.17. The lowest BCUT2D eigenvalue weighted by Gasteiger charge is -2.27. The predicted molar refractivity (Wildman–Crippen MR) is 72.1 cm³/mol. The third kappa shape index (κ3) is 2.49. The maximum atomic E-state index is 12.1. The molecule has 6 heteroatoms. The Morgan fingerprint density at radius 2 is 2.11 bits per heavy atom. The number of carbonyl (C=O) groups excluding carboxylic acids is 1. The average molecular weight is 262 g/mol. The standard InChI is InChI=1S/C12H14N4OS/c1-9-6-7-10(18-9)12(17)16(13)15(2)11-5-3-4-8-14-11/h3-8H,13H2,1-2H3. The molecular formula is C12H14N4OS. The highest BCUT2D eigenvalue weighted by Crippen LogP contribution is 2.18. The van der Waals surface area contributed by atoms with E-state index in [1.807, 2.05) is 25.1 Å². The van der Waals surface area contributed by atoms with Gasteiger partial charge in [0.25, 0.3) is 5.91 Å². The highest BCUT2D eigenvalue weighted by Gasteiger charge is 2.19. The molecule has 1 amide bonds. The van der Waals surface area contributed by atoms with Gasteiger partial charge in [-0.05, 0) is 31.2 Å². The Balaban J connectivity index is 2.16. The van der Waals surface area contributed by atoms with Gasteiger partial charge in [0.2, 0.25) is 0 Å². The number of pyridine rings is 1. The van der Waals surface area contributed by atoms with Crippen molar-refractivity contribution in [3.8, 4) is 0 Å². The molecule has 0 aliphatic rings. The van der Waals surface area contributed by atoms with Gasteiger partial charge in [-0.25, -0.2) is 10.8 Å². The topological polar surface area (TPSA) is 62.5 Å². The van der Waals surface area contributed by atoms with Crippen molar-refractivity contribution in [2.45, 2.75) is 6.92 Å². The predicted octanol–water partition coefficient (Wildman–Crippen LogP) is 1.82. The number of hydrogen-bond acceptors (Lipinski definition) is 5. The van der Waals surface area contributed by atoms with Gasteiger partial charge in [-0.15, -0.1) is 11.3 Å². The molecule has 0 atom stereocenters. The van der Waals surface area contributed by atoms with Crippen molar-refractivity contribution in [3.63, 3.8) is 0 Å². The molecule has 94 valence electrons. The number of rotatable bonds is 3. The fraction of sp³-hybridized carbons (Fsp3) is 0.167. The third-order valence-corrected chi connectivity index (χ3v) is 3.45. The molecule has 0 radical (unpaired) electrons. The molecule has 0 aromatic carbocycles. The number of carbonyl (C=O) groups is 1. The molecule has 0 saturated heterocycles. The first-order valence-corrected chi connectivity index (χ1v) is 6.21. The number of nitrogens with two attached hydrogens (primary N) is 1. The van der Waals surface area contributed by atoms with Gasteiger partial charge in [-0.3, -0.25) is 9.80 Å². The Hall–Kier alpha value is -1.92. The maximum absolute atomic E-state index is 12.1. The molecule has 0 unspecified atom stereocenters. The zero-order chi connectivity index (χ0) is 13.1. The molecular weight excluding hydrogens is 248 g/mol. The molecule has 2 aromatic rings. The summed E-state index contributed by atoms with van der Waals surface area (Å²) in [7, 11) is 1.70. The van der Waals surface area contributed by atoms with E-state index < -0.39 is 0 Å². The summed E-state index contributed by atoms with van der Waals surface area (Å²) in [6.07, 6.45) is 1.65. The first-order valence-electron chi connectivity index (χ1n) is 5.40. The lowest BCUT2D eigenvalue weighted by molar-refractivity contribution is 0.0748. The number of hydrazine groups is 2. The molecule has 2 heterocycles. The number of thiophene rings is 1. The van der Waals surface area contributed by atoms with Crippen molar-refractivity contribution in [1.82, 2.24) is 10.1 Å². The molecule has 0 bridgehead atoms. The molecule has 2 aromatic heterocycles. The van der Waals surface area contributed by atoms with Crippen molar-refractivity contribution in [1.29, 1.82) is 0 Å². The van der Waals surface area contributed by atoms with Crippen LogP contribution in [0.2, 0.25) is 0 Å². The normalized spacial score (nSPS) is 10.2. The zero-order valence-electron chi connectivity index (χ0n) is 10.2. The van der Waals surface area contributed by atoms with Crippen LogP contribution in [0.25, 0.3) is 0 Å². The number of amides is 1. The average Bonchev–Trinajstić information content (AvgIpc) is 2.84.